The van der Waals surface area contributed by atoms with Crippen molar-refractivity contribution in [2.24, 2.45) is 5.41 Å². The number of aliphatic hydroxyl groups excluding tert-OH is 1. The summed E-state index contributed by atoms with van der Waals surface area (Å²) in [7, 11) is 0. The number of likely N-dealkylation sites (tertiary alicyclic amines) is 1. The molecule has 2 aliphatic rings. The highest BCUT2D eigenvalue weighted by Gasteiger charge is 2.42. The Labute approximate surface area is 116 Å². The molecule has 1 unspecified atom stereocenters. The molecule has 2 amide bonds. The van der Waals surface area contributed by atoms with E-state index in [0.717, 1.165) is 25.9 Å². The van der Waals surface area contributed by atoms with E-state index in [2.05, 4.69) is 12.2 Å². The van der Waals surface area contributed by atoms with Gasteiger partial charge >= 0.3 is 6.03 Å². The number of carbonyl (C=O) groups is 1. The predicted molar refractivity (Wildman–Crippen MR) is 76.0 cm³/mol. The van der Waals surface area contributed by atoms with Gasteiger partial charge in [-0.05, 0) is 50.4 Å². The summed E-state index contributed by atoms with van der Waals surface area (Å²) in [4.78, 5) is 14.2. The van der Waals surface area contributed by atoms with Gasteiger partial charge in [-0.15, -0.1) is 0 Å². The van der Waals surface area contributed by atoms with Crippen molar-refractivity contribution < 1.29 is 9.90 Å². The summed E-state index contributed by atoms with van der Waals surface area (Å²) in [6, 6.07) is 0.320. The average molecular weight is 268 g/mol. The molecule has 4 heteroatoms. The Morgan fingerprint density at radius 1 is 1.42 bits per heavy atom. The van der Waals surface area contributed by atoms with Crippen molar-refractivity contribution in [1.82, 2.24) is 10.2 Å². The van der Waals surface area contributed by atoms with E-state index in [0.29, 0.717) is 11.8 Å². The lowest BCUT2D eigenvalue weighted by Gasteiger charge is -2.36. The highest BCUT2D eigenvalue weighted by atomic mass is 16.3. The smallest absolute Gasteiger partial charge is 0.317 e. The third kappa shape index (κ3) is 3.85. The lowest BCUT2D eigenvalue weighted by molar-refractivity contribution is 0.130. The molecule has 2 fully saturated rings. The molecular weight excluding hydrogens is 240 g/mol. The number of hydrogen-bond donors (Lipinski definition) is 2. The molecular formula is C15H28N2O2. The molecule has 1 saturated heterocycles. The van der Waals surface area contributed by atoms with E-state index in [1.165, 1.54) is 32.1 Å². The Morgan fingerprint density at radius 2 is 2.21 bits per heavy atom. The van der Waals surface area contributed by atoms with E-state index < -0.39 is 0 Å². The molecule has 2 N–H and O–H groups in total. The summed E-state index contributed by atoms with van der Waals surface area (Å²) in [5.74, 6) is 0. The highest BCUT2D eigenvalue weighted by Crippen LogP contribution is 2.48. The normalized spacial score (nSPS) is 25.2. The number of piperidine rings is 1. The van der Waals surface area contributed by atoms with Gasteiger partial charge in [0.15, 0.2) is 0 Å². The van der Waals surface area contributed by atoms with Gasteiger partial charge in [0.05, 0.1) is 0 Å². The maximum atomic E-state index is 12.3. The second kappa shape index (κ2) is 6.60. The van der Waals surface area contributed by atoms with Crippen LogP contribution in [-0.4, -0.2) is 41.8 Å². The Kier molecular flexibility index (Phi) is 5.08. The van der Waals surface area contributed by atoms with Gasteiger partial charge in [-0.25, -0.2) is 4.79 Å². The van der Waals surface area contributed by atoms with E-state index in [4.69, 9.17) is 5.11 Å². The zero-order chi connectivity index (χ0) is 13.7. The first-order valence-corrected chi connectivity index (χ1v) is 7.86. The zero-order valence-corrected chi connectivity index (χ0v) is 12.2. The third-order valence-electron chi connectivity index (χ3n) is 4.70. The number of carbonyl (C=O) groups excluding carboxylic acids is 1. The first-order chi connectivity index (χ1) is 9.21. The molecule has 0 radical (unpaired) electrons. The standard InChI is InChI=1S/C15H28N2O2/c1-2-7-15(8-9-15)12-16-14(19)17-10-4-3-5-13(17)6-11-18/h13,18H,2-12H2,1H3,(H,16,19). The van der Waals surface area contributed by atoms with Crippen molar-refractivity contribution in [1.29, 1.82) is 0 Å². The second-order valence-corrected chi connectivity index (χ2v) is 6.26. The van der Waals surface area contributed by atoms with Gasteiger partial charge in [-0.3, -0.25) is 0 Å². The quantitative estimate of drug-likeness (QED) is 0.777. The Bertz CT molecular complexity index is 301. The molecule has 1 aliphatic heterocycles. The average Bonchev–Trinajstić information content (AvgIpc) is 3.18. The van der Waals surface area contributed by atoms with Crippen molar-refractivity contribution in [2.45, 2.75) is 64.3 Å². The van der Waals surface area contributed by atoms with Crippen LogP contribution in [0.2, 0.25) is 0 Å². The second-order valence-electron chi connectivity index (χ2n) is 6.26. The molecule has 1 saturated carbocycles. The molecule has 2 rings (SSSR count). The number of aliphatic hydroxyl groups is 1. The number of nitrogens with one attached hydrogen (secondary N) is 1. The van der Waals surface area contributed by atoms with Crippen LogP contribution in [0.3, 0.4) is 0 Å². The van der Waals surface area contributed by atoms with Gasteiger partial charge in [-0.2, -0.15) is 0 Å². The largest absolute Gasteiger partial charge is 0.396 e. The molecule has 110 valence electrons. The molecule has 1 heterocycles. The molecule has 1 atom stereocenters. The van der Waals surface area contributed by atoms with Crippen molar-refractivity contribution in [3.05, 3.63) is 0 Å². The van der Waals surface area contributed by atoms with E-state index >= 15 is 0 Å². The van der Waals surface area contributed by atoms with Gasteiger partial charge in [0, 0.05) is 25.7 Å². The van der Waals surface area contributed by atoms with E-state index in [-0.39, 0.29) is 18.7 Å². The minimum Gasteiger partial charge on any atom is -0.396 e. The van der Waals surface area contributed by atoms with Gasteiger partial charge in [0.25, 0.3) is 0 Å². The van der Waals surface area contributed by atoms with Crippen LogP contribution >= 0.6 is 0 Å². The molecule has 0 aromatic rings. The van der Waals surface area contributed by atoms with Crippen LogP contribution in [0.4, 0.5) is 4.79 Å². The molecule has 0 bridgehead atoms. The van der Waals surface area contributed by atoms with Crippen LogP contribution in [0.5, 0.6) is 0 Å². The zero-order valence-electron chi connectivity index (χ0n) is 12.2. The lowest BCUT2D eigenvalue weighted by atomic mass is 9.99. The fourth-order valence-corrected chi connectivity index (χ4v) is 3.30. The van der Waals surface area contributed by atoms with Crippen molar-refractivity contribution in [3.8, 4) is 0 Å². The summed E-state index contributed by atoms with van der Waals surface area (Å²) in [6.45, 7) is 4.07. The highest BCUT2D eigenvalue weighted by molar-refractivity contribution is 5.74. The van der Waals surface area contributed by atoms with E-state index in [1.807, 2.05) is 4.90 Å². The number of amides is 2. The SMILES string of the molecule is CCCC1(CNC(=O)N2CCCCC2CCO)CC1. The molecule has 19 heavy (non-hydrogen) atoms. The lowest BCUT2D eigenvalue weighted by Crippen LogP contribution is -2.50. The minimum atomic E-state index is 0.0838. The van der Waals surface area contributed by atoms with Gasteiger partial charge in [-0.1, -0.05) is 13.3 Å². The fraction of sp³-hybridized carbons (Fsp3) is 0.933. The van der Waals surface area contributed by atoms with Gasteiger partial charge < -0.3 is 15.3 Å². The van der Waals surface area contributed by atoms with Crippen LogP contribution in [0.15, 0.2) is 0 Å². The van der Waals surface area contributed by atoms with Crippen LogP contribution in [0.1, 0.15) is 58.3 Å². The topological polar surface area (TPSA) is 52.6 Å². The first-order valence-electron chi connectivity index (χ1n) is 7.86. The number of hydrogen-bond acceptors (Lipinski definition) is 2. The van der Waals surface area contributed by atoms with Crippen LogP contribution < -0.4 is 5.32 Å². The summed E-state index contributed by atoms with van der Waals surface area (Å²) in [5, 5.41) is 12.2. The number of urea groups is 1. The summed E-state index contributed by atoms with van der Waals surface area (Å²) in [5.41, 5.74) is 0.409. The summed E-state index contributed by atoms with van der Waals surface area (Å²) in [6.07, 6.45) is 8.98. The molecule has 4 nitrogen and oxygen atoms in total. The minimum absolute atomic E-state index is 0.0838. The van der Waals surface area contributed by atoms with Crippen LogP contribution in [-0.2, 0) is 0 Å². The Morgan fingerprint density at radius 3 is 2.84 bits per heavy atom. The van der Waals surface area contributed by atoms with Crippen molar-refractivity contribution >= 4 is 6.03 Å². The molecule has 0 aromatic carbocycles. The van der Waals surface area contributed by atoms with Crippen molar-refractivity contribution in [2.75, 3.05) is 19.7 Å². The van der Waals surface area contributed by atoms with E-state index in [9.17, 15) is 4.79 Å². The van der Waals surface area contributed by atoms with E-state index in [1.54, 1.807) is 0 Å². The first kappa shape index (κ1) is 14.6. The van der Waals surface area contributed by atoms with Gasteiger partial charge in [0.2, 0.25) is 0 Å². The van der Waals surface area contributed by atoms with Crippen molar-refractivity contribution in [3.63, 3.8) is 0 Å². The van der Waals surface area contributed by atoms with Gasteiger partial charge in [0.1, 0.15) is 0 Å². The number of nitrogens with zero attached hydrogens (tertiary/aromatic N) is 1. The summed E-state index contributed by atoms with van der Waals surface area (Å²) < 4.78 is 0. The third-order valence-corrected chi connectivity index (χ3v) is 4.70. The maximum absolute atomic E-state index is 12.3. The fourth-order valence-electron chi connectivity index (χ4n) is 3.30. The Hall–Kier alpha value is -0.770. The molecule has 0 aromatic heterocycles. The summed E-state index contributed by atoms with van der Waals surface area (Å²) >= 11 is 0. The Balaban J connectivity index is 1.80. The maximum Gasteiger partial charge on any atom is 0.317 e. The predicted octanol–water partition coefficient (Wildman–Crippen LogP) is 2.51. The molecule has 1 aliphatic carbocycles. The monoisotopic (exact) mass is 268 g/mol. The van der Waals surface area contributed by atoms with Crippen LogP contribution in [0, 0.1) is 5.41 Å². The molecule has 0 spiro atoms. The van der Waals surface area contributed by atoms with Crippen LogP contribution in [0.25, 0.3) is 0 Å². The number of rotatable bonds is 6.